The third-order valence-electron chi connectivity index (χ3n) is 4.48. The molecule has 22 heavy (non-hydrogen) atoms. The first kappa shape index (κ1) is 15.0. The molecule has 1 amide bonds. The topological polar surface area (TPSA) is 96.2 Å². The van der Waals surface area contributed by atoms with Crippen molar-refractivity contribution in [3.8, 4) is 0 Å². The fourth-order valence-corrected chi connectivity index (χ4v) is 3.24. The number of hydrogen-bond donors (Lipinski definition) is 3. The molecule has 1 aliphatic carbocycles. The second-order valence-corrected chi connectivity index (χ2v) is 6.69. The summed E-state index contributed by atoms with van der Waals surface area (Å²) in [6.45, 7) is 5.96. The van der Waals surface area contributed by atoms with E-state index in [0.717, 1.165) is 24.4 Å². The number of amides is 1. The smallest absolute Gasteiger partial charge is 0.247 e. The summed E-state index contributed by atoms with van der Waals surface area (Å²) in [6, 6.07) is 0.409. The molecular weight excluding hydrogens is 280 g/mol. The number of aromatic nitrogens is 2. The molecule has 4 N–H and O–H groups in total. The van der Waals surface area contributed by atoms with Gasteiger partial charge in [-0.25, -0.2) is 4.98 Å². The fourth-order valence-electron chi connectivity index (χ4n) is 3.24. The lowest BCUT2D eigenvalue weighted by atomic mass is 9.88. The molecule has 0 spiro atoms. The van der Waals surface area contributed by atoms with Crippen LogP contribution in [0.3, 0.4) is 0 Å². The van der Waals surface area contributed by atoms with Gasteiger partial charge in [-0.15, -0.1) is 0 Å². The summed E-state index contributed by atoms with van der Waals surface area (Å²) >= 11 is 0. The van der Waals surface area contributed by atoms with Gasteiger partial charge in [0, 0.05) is 19.1 Å². The molecule has 1 aliphatic heterocycles. The van der Waals surface area contributed by atoms with Crippen molar-refractivity contribution in [3.05, 3.63) is 5.69 Å². The third kappa shape index (κ3) is 2.49. The van der Waals surface area contributed by atoms with Gasteiger partial charge in [0.05, 0.1) is 5.69 Å². The second kappa shape index (κ2) is 5.39. The Morgan fingerprint density at radius 1 is 1.36 bits per heavy atom. The molecule has 0 aromatic carbocycles. The predicted octanol–water partition coefficient (Wildman–Crippen LogP) is 1.10. The minimum Gasteiger partial charge on any atom is -0.351 e. The van der Waals surface area contributed by atoms with Crippen LogP contribution in [0, 0.1) is 12.8 Å². The third-order valence-corrected chi connectivity index (χ3v) is 4.48. The highest BCUT2D eigenvalue weighted by Crippen LogP contribution is 2.34. The molecule has 0 bridgehead atoms. The summed E-state index contributed by atoms with van der Waals surface area (Å²) in [5, 5.41) is 6.29. The van der Waals surface area contributed by atoms with E-state index in [-0.39, 0.29) is 23.9 Å². The van der Waals surface area contributed by atoms with E-state index in [1.165, 1.54) is 0 Å². The Morgan fingerprint density at radius 2 is 2.05 bits per heavy atom. The van der Waals surface area contributed by atoms with Gasteiger partial charge in [-0.05, 0) is 25.7 Å². The first-order valence-corrected chi connectivity index (χ1v) is 7.81. The van der Waals surface area contributed by atoms with Gasteiger partial charge in [-0.1, -0.05) is 13.8 Å². The molecule has 0 saturated heterocycles. The van der Waals surface area contributed by atoms with Crippen LogP contribution in [-0.2, 0) is 4.79 Å². The Labute approximate surface area is 130 Å². The van der Waals surface area contributed by atoms with Crippen molar-refractivity contribution in [2.24, 2.45) is 11.7 Å². The number of likely N-dealkylation sites (N-methyl/N-ethyl adjacent to an activating group) is 1. The molecule has 1 aromatic heterocycles. The summed E-state index contributed by atoms with van der Waals surface area (Å²) in [6.07, 6.45) is 1.89. The van der Waals surface area contributed by atoms with E-state index >= 15 is 0 Å². The maximum atomic E-state index is 12.3. The van der Waals surface area contributed by atoms with Crippen LogP contribution in [0.1, 0.15) is 32.4 Å². The van der Waals surface area contributed by atoms with Crippen molar-refractivity contribution in [2.45, 2.75) is 51.7 Å². The van der Waals surface area contributed by atoms with Gasteiger partial charge in [0.25, 0.3) is 0 Å². The first-order chi connectivity index (χ1) is 10.4. The Bertz CT molecular complexity index is 596. The zero-order valence-electron chi connectivity index (χ0n) is 13.6. The minimum absolute atomic E-state index is 0.00220. The maximum absolute atomic E-state index is 12.3. The lowest BCUT2D eigenvalue weighted by Gasteiger charge is -2.37. The Kier molecular flexibility index (Phi) is 3.68. The molecule has 1 fully saturated rings. The number of nitrogens with zero attached hydrogens (tertiary/aromatic N) is 3. The van der Waals surface area contributed by atoms with Crippen molar-refractivity contribution in [1.82, 2.24) is 9.97 Å². The number of carbonyl (C=O) groups is 1. The summed E-state index contributed by atoms with van der Waals surface area (Å²) in [5.41, 5.74) is 7.30. The number of nitrogens with two attached hydrogens (primary N) is 1. The van der Waals surface area contributed by atoms with Gasteiger partial charge in [0.15, 0.2) is 5.82 Å². The normalized spacial score (nSPS) is 27.3. The van der Waals surface area contributed by atoms with Gasteiger partial charge in [0.2, 0.25) is 11.9 Å². The summed E-state index contributed by atoms with van der Waals surface area (Å²) in [7, 11) is 1.91. The van der Waals surface area contributed by atoms with E-state index in [2.05, 4.69) is 20.6 Å². The Balaban J connectivity index is 1.90. The number of nitrogens with one attached hydrogen (secondary N) is 2. The van der Waals surface area contributed by atoms with Crippen LogP contribution in [0.5, 0.6) is 0 Å². The molecule has 1 atom stereocenters. The predicted molar refractivity (Wildman–Crippen MR) is 87.0 cm³/mol. The lowest BCUT2D eigenvalue weighted by molar-refractivity contribution is -0.118. The van der Waals surface area contributed by atoms with Gasteiger partial charge in [0.1, 0.15) is 11.7 Å². The molecule has 1 saturated carbocycles. The zero-order chi connectivity index (χ0) is 16.0. The highest BCUT2D eigenvalue weighted by atomic mass is 16.2. The highest BCUT2D eigenvalue weighted by Gasteiger charge is 2.35. The van der Waals surface area contributed by atoms with Crippen LogP contribution in [-0.4, -0.2) is 41.0 Å². The van der Waals surface area contributed by atoms with E-state index in [9.17, 15) is 4.79 Å². The molecule has 2 aliphatic rings. The van der Waals surface area contributed by atoms with E-state index < -0.39 is 0 Å². The molecule has 0 unspecified atom stereocenters. The van der Waals surface area contributed by atoms with Gasteiger partial charge >= 0.3 is 0 Å². The largest absolute Gasteiger partial charge is 0.351 e. The number of aryl methyl sites for hydroxylation is 1. The van der Waals surface area contributed by atoms with Crippen LogP contribution < -0.4 is 21.3 Å². The van der Waals surface area contributed by atoms with Gasteiger partial charge in [-0.2, -0.15) is 4.98 Å². The average Bonchev–Trinajstić information content (AvgIpc) is 2.38. The van der Waals surface area contributed by atoms with Gasteiger partial charge < -0.3 is 21.3 Å². The number of carbonyl (C=O) groups excluding carboxylic acids is 1. The molecule has 1 aromatic rings. The van der Waals surface area contributed by atoms with Crippen molar-refractivity contribution in [2.75, 3.05) is 22.6 Å². The first-order valence-electron chi connectivity index (χ1n) is 7.81. The number of rotatable bonds is 3. The van der Waals surface area contributed by atoms with Crippen molar-refractivity contribution >= 4 is 23.4 Å². The molecule has 0 radical (unpaired) electrons. The molecular formula is C15H24N6O. The van der Waals surface area contributed by atoms with E-state index in [1.807, 2.05) is 32.7 Å². The number of anilines is 3. The zero-order valence-corrected chi connectivity index (χ0v) is 13.6. The molecule has 2 heterocycles. The maximum Gasteiger partial charge on any atom is 0.247 e. The summed E-state index contributed by atoms with van der Waals surface area (Å²) < 4.78 is 0. The van der Waals surface area contributed by atoms with Gasteiger partial charge in [-0.3, -0.25) is 4.79 Å². The standard InChI is InChI=1S/C15H24N6O/c1-7(2)12-14(22)19-11-8(3)17-15(20-13(11)21(12)4)18-10-5-9(16)6-10/h7,9-10,12H,5-6,16H2,1-4H3,(H,19,22)(H,17,18,20)/t9?,10?,12-/m0/s1. The van der Waals surface area contributed by atoms with E-state index in [0.29, 0.717) is 17.7 Å². The Morgan fingerprint density at radius 3 is 2.64 bits per heavy atom. The summed E-state index contributed by atoms with van der Waals surface area (Å²) in [4.78, 5) is 23.3. The fraction of sp³-hybridized carbons (Fsp3) is 0.667. The molecule has 3 rings (SSSR count). The Hall–Kier alpha value is -1.89. The number of fused-ring (bicyclic) bond motifs is 1. The van der Waals surface area contributed by atoms with Crippen LogP contribution >= 0.6 is 0 Å². The van der Waals surface area contributed by atoms with Crippen LogP contribution in [0.2, 0.25) is 0 Å². The highest BCUT2D eigenvalue weighted by molar-refractivity contribution is 6.03. The minimum atomic E-state index is -0.216. The SMILES string of the molecule is Cc1nc(NC2CC(N)C2)nc2c1NC(=O)[C@H](C(C)C)N2C. The van der Waals surface area contributed by atoms with Crippen LogP contribution in [0.4, 0.5) is 17.5 Å². The van der Waals surface area contributed by atoms with Crippen molar-refractivity contribution < 1.29 is 4.79 Å². The quantitative estimate of drug-likeness (QED) is 0.774. The van der Waals surface area contributed by atoms with E-state index in [4.69, 9.17) is 5.73 Å². The van der Waals surface area contributed by atoms with Crippen LogP contribution in [0.15, 0.2) is 0 Å². The van der Waals surface area contributed by atoms with Crippen molar-refractivity contribution in [1.29, 1.82) is 0 Å². The summed E-state index contributed by atoms with van der Waals surface area (Å²) in [5.74, 6) is 1.59. The monoisotopic (exact) mass is 304 g/mol. The van der Waals surface area contributed by atoms with Crippen LogP contribution in [0.25, 0.3) is 0 Å². The molecule has 7 heteroatoms. The lowest BCUT2D eigenvalue weighted by Crippen LogP contribution is -2.50. The van der Waals surface area contributed by atoms with Crippen molar-refractivity contribution in [3.63, 3.8) is 0 Å². The molecule has 7 nitrogen and oxygen atoms in total. The number of hydrogen-bond acceptors (Lipinski definition) is 6. The average molecular weight is 304 g/mol. The molecule has 120 valence electrons. The van der Waals surface area contributed by atoms with E-state index in [1.54, 1.807) is 0 Å². The second-order valence-electron chi connectivity index (χ2n) is 6.69.